The van der Waals surface area contributed by atoms with Crippen molar-refractivity contribution in [2.45, 2.75) is 27.3 Å². The zero-order chi connectivity index (χ0) is 18.5. The van der Waals surface area contributed by atoms with E-state index in [2.05, 4.69) is 21.7 Å². The average Bonchev–Trinajstić information content (AvgIpc) is 2.97. The van der Waals surface area contributed by atoms with Crippen LogP contribution in [0.4, 0.5) is 0 Å². The second-order valence-electron chi connectivity index (χ2n) is 6.29. The highest BCUT2D eigenvalue weighted by Crippen LogP contribution is 2.09. The molecule has 2 aromatic carbocycles. The highest BCUT2D eigenvalue weighted by Gasteiger charge is 2.07. The standard InChI is InChI=1S/C21H22N4O/c1-15-13-16(2)25(24-15)14-18-9-11-20(12-10-18)21(26)23-22-17(3)19-7-5-4-6-8-19/h4-13H,14H2,1-3H3,(H,23,26)/b22-17-. The smallest absolute Gasteiger partial charge is 0.267 e. The molecule has 1 N–H and O–H groups in total. The fraction of sp³-hybridized carbons (Fsp3) is 0.190. The van der Waals surface area contributed by atoms with Gasteiger partial charge in [0.1, 0.15) is 0 Å². The molecule has 0 saturated carbocycles. The summed E-state index contributed by atoms with van der Waals surface area (Å²) in [4.78, 5) is 12.3. The van der Waals surface area contributed by atoms with E-state index in [0.29, 0.717) is 12.1 Å². The number of carbonyl (C=O) groups is 1. The van der Waals surface area contributed by atoms with Gasteiger partial charge in [-0.2, -0.15) is 10.2 Å². The zero-order valence-corrected chi connectivity index (χ0v) is 15.2. The first kappa shape index (κ1) is 17.6. The molecule has 0 bridgehead atoms. The van der Waals surface area contributed by atoms with Crippen molar-refractivity contribution in [1.29, 1.82) is 0 Å². The first-order valence-corrected chi connectivity index (χ1v) is 8.53. The first-order chi connectivity index (χ1) is 12.5. The third kappa shape index (κ3) is 4.25. The quantitative estimate of drug-likeness (QED) is 0.566. The van der Waals surface area contributed by atoms with E-state index in [1.807, 2.05) is 80.1 Å². The number of hydrogen-bond acceptors (Lipinski definition) is 3. The summed E-state index contributed by atoms with van der Waals surface area (Å²) < 4.78 is 1.96. The highest BCUT2D eigenvalue weighted by atomic mass is 16.2. The molecule has 1 amide bonds. The lowest BCUT2D eigenvalue weighted by Crippen LogP contribution is -2.19. The maximum Gasteiger partial charge on any atom is 0.271 e. The molecule has 0 unspecified atom stereocenters. The minimum Gasteiger partial charge on any atom is -0.267 e. The molecule has 26 heavy (non-hydrogen) atoms. The first-order valence-electron chi connectivity index (χ1n) is 8.53. The van der Waals surface area contributed by atoms with Gasteiger partial charge in [-0.25, -0.2) is 5.43 Å². The third-order valence-electron chi connectivity index (χ3n) is 4.17. The molecule has 0 aliphatic carbocycles. The summed E-state index contributed by atoms with van der Waals surface area (Å²) in [6.07, 6.45) is 0. The predicted molar refractivity (Wildman–Crippen MR) is 103 cm³/mol. The molecule has 5 nitrogen and oxygen atoms in total. The Morgan fingerprint density at radius 1 is 1.04 bits per heavy atom. The molecule has 0 spiro atoms. The van der Waals surface area contributed by atoms with Crippen LogP contribution < -0.4 is 5.43 Å². The Morgan fingerprint density at radius 3 is 2.35 bits per heavy atom. The van der Waals surface area contributed by atoms with Gasteiger partial charge in [0.15, 0.2) is 0 Å². The van der Waals surface area contributed by atoms with Crippen LogP contribution in [-0.4, -0.2) is 21.4 Å². The van der Waals surface area contributed by atoms with Crippen LogP contribution in [0.5, 0.6) is 0 Å². The monoisotopic (exact) mass is 346 g/mol. The number of hydrogen-bond donors (Lipinski definition) is 1. The van der Waals surface area contributed by atoms with E-state index in [9.17, 15) is 4.79 Å². The molecule has 0 saturated heterocycles. The van der Waals surface area contributed by atoms with Crippen LogP contribution >= 0.6 is 0 Å². The van der Waals surface area contributed by atoms with E-state index in [0.717, 1.165) is 28.2 Å². The number of nitrogens with zero attached hydrogens (tertiary/aromatic N) is 3. The summed E-state index contributed by atoms with van der Waals surface area (Å²) in [7, 11) is 0. The van der Waals surface area contributed by atoms with Crippen molar-refractivity contribution in [3.63, 3.8) is 0 Å². The van der Waals surface area contributed by atoms with Gasteiger partial charge < -0.3 is 0 Å². The largest absolute Gasteiger partial charge is 0.271 e. The second-order valence-corrected chi connectivity index (χ2v) is 6.29. The molecule has 3 rings (SSSR count). The van der Waals surface area contributed by atoms with Crippen molar-refractivity contribution in [1.82, 2.24) is 15.2 Å². The Kier molecular flexibility index (Phi) is 5.27. The van der Waals surface area contributed by atoms with E-state index in [1.54, 1.807) is 0 Å². The zero-order valence-electron chi connectivity index (χ0n) is 15.2. The molecule has 0 aliphatic heterocycles. The second kappa shape index (κ2) is 7.78. The molecule has 5 heteroatoms. The molecule has 132 valence electrons. The van der Waals surface area contributed by atoms with E-state index >= 15 is 0 Å². The SMILES string of the molecule is C/C(=N/NC(=O)c1ccc(Cn2nc(C)cc2C)cc1)c1ccccc1. The number of hydrazone groups is 1. The third-order valence-corrected chi connectivity index (χ3v) is 4.17. The Balaban J connectivity index is 1.64. The van der Waals surface area contributed by atoms with Crippen molar-refractivity contribution < 1.29 is 4.79 Å². The van der Waals surface area contributed by atoms with Gasteiger partial charge in [-0.1, -0.05) is 42.5 Å². The van der Waals surface area contributed by atoms with Gasteiger partial charge in [0.2, 0.25) is 0 Å². The minimum atomic E-state index is -0.224. The Hall–Kier alpha value is -3.21. The number of aromatic nitrogens is 2. The topological polar surface area (TPSA) is 59.3 Å². The maximum absolute atomic E-state index is 12.3. The van der Waals surface area contributed by atoms with Crippen LogP contribution in [0.15, 0.2) is 65.8 Å². The summed E-state index contributed by atoms with van der Waals surface area (Å²) in [5.74, 6) is -0.224. The molecule has 0 aliphatic rings. The fourth-order valence-corrected chi connectivity index (χ4v) is 2.71. The van der Waals surface area contributed by atoms with Crippen LogP contribution in [0.1, 0.15) is 39.8 Å². The summed E-state index contributed by atoms with van der Waals surface area (Å²) in [6.45, 7) is 6.57. The molecule has 3 aromatic rings. The van der Waals surface area contributed by atoms with Gasteiger partial charge >= 0.3 is 0 Å². The molecule has 0 fully saturated rings. The van der Waals surface area contributed by atoms with Crippen molar-refractivity contribution in [2.24, 2.45) is 5.10 Å². The van der Waals surface area contributed by atoms with Gasteiger partial charge in [-0.3, -0.25) is 9.48 Å². The summed E-state index contributed by atoms with van der Waals surface area (Å²) in [6, 6.07) is 19.3. The van der Waals surface area contributed by atoms with Crippen molar-refractivity contribution in [2.75, 3.05) is 0 Å². The van der Waals surface area contributed by atoms with Crippen molar-refractivity contribution in [3.8, 4) is 0 Å². The van der Waals surface area contributed by atoms with Gasteiger partial charge in [-0.05, 0) is 50.1 Å². The molecule has 0 radical (unpaired) electrons. The Bertz CT molecular complexity index is 924. The maximum atomic E-state index is 12.3. The van der Waals surface area contributed by atoms with Gasteiger partial charge in [-0.15, -0.1) is 0 Å². The van der Waals surface area contributed by atoms with Crippen molar-refractivity contribution in [3.05, 3.63) is 88.7 Å². The van der Waals surface area contributed by atoms with E-state index < -0.39 is 0 Å². The number of carbonyl (C=O) groups excluding carboxylic acids is 1. The van der Waals surface area contributed by atoms with Gasteiger partial charge in [0, 0.05) is 11.3 Å². The van der Waals surface area contributed by atoms with E-state index in [1.165, 1.54) is 0 Å². The number of amides is 1. The molecular weight excluding hydrogens is 324 g/mol. The van der Waals surface area contributed by atoms with E-state index in [-0.39, 0.29) is 5.91 Å². The van der Waals surface area contributed by atoms with Gasteiger partial charge in [0.05, 0.1) is 18.0 Å². The fourth-order valence-electron chi connectivity index (χ4n) is 2.71. The lowest BCUT2D eigenvalue weighted by atomic mass is 10.1. The predicted octanol–water partition coefficient (Wildman–Crippen LogP) is 3.70. The molecule has 0 atom stereocenters. The number of aryl methyl sites for hydroxylation is 2. The number of nitrogens with one attached hydrogen (secondary N) is 1. The lowest BCUT2D eigenvalue weighted by Gasteiger charge is -2.06. The highest BCUT2D eigenvalue weighted by molar-refractivity contribution is 6.00. The van der Waals surface area contributed by atoms with Gasteiger partial charge in [0.25, 0.3) is 5.91 Å². The van der Waals surface area contributed by atoms with Crippen LogP contribution in [-0.2, 0) is 6.54 Å². The summed E-state index contributed by atoms with van der Waals surface area (Å²) in [5, 5.41) is 8.64. The van der Waals surface area contributed by atoms with Crippen molar-refractivity contribution >= 4 is 11.6 Å². The molecule has 1 aromatic heterocycles. The lowest BCUT2D eigenvalue weighted by molar-refractivity contribution is 0.0955. The summed E-state index contributed by atoms with van der Waals surface area (Å²) in [5.41, 5.74) is 8.15. The average molecular weight is 346 g/mol. The summed E-state index contributed by atoms with van der Waals surface area (Å²) >= 11 is 0. The van der Waals surface area contributed by atoms with Crippen LogP contribution in [0, 0.1) is 13.8 Å². The van der Waals surface area contributed by atoms with E-state index in [4.69, 9.17) is 0 Å². The minimum absolute atomic E-state index is 0.224. The Morgan fingerprint density at radius 2 is 1.73 bits per heavy atom. The van der Waals surface area contributed by atoms with Crippen LogP contribution in [0.2, 0.25) is 0 Å². The molecule has 1 heterocycles. The Labute approximate surface area is 153 Å². The van der Waals surface area contributed by atoms with Crippen LogP contribution in [0.25, 0.3) is 0 Å². The molecular formula is C21H22N4O. The number of benzene rings is 2. The van der Waals surface area contributed by atoms with Crippen LogP contribution in [0.3, 0.4) is 0 Å². The normalized spacial score (nSPS) is 11.4. The number of rotatable bonds is 5.